The molecule has 0 spiro atoms. The Kier molecular flexibility index (Phi) is 14.6. The van der Waals surface area contributed by atoms with Gasteiger partial charge >= 0.3 is 11.9 Å². The van der Waals surface area contributed by atoms with Gasteiger partial charge in [-0.1, -0.05) is 47.1 Å². The van der Waals surface area contributed by atoms with Gasteiger partial charge in [-0.05, 0) is 61.2 Å². The molecule has 36 heavy (non-hydrogen) atoms. The van der Waals surface area contributed by atoms with Crippen LogP contribution in [-0.4, -0.2) is 66.4 Å². The van der Waals surface area contributed by atoms with E-state index in [0.29, 0.717) is 17.8 Å². The Morgan fingerprint density at radius 1 is 1.17 bits per heavy atom. The summed E-state index contributed by atoms with van der Waals surface area (Å²) in [5.74, 6) is -0.955. The molecule has 1 heterocycles. The molecule has 0 bridgehead atoms. The molecule has 8 heteroatoms. The largest absolute Gasteiger partial charge is 0.461 e. The smallest absolute Gasteiger partial charge is 0.357 e. The number of likely N-dealkylation sites (N-methyl/N-ethyl adjacent to an activating group) is 1. The summed E-state index contributed by atoms with van der Waals surface area (Å²) >= 11 is 1.33. The van der Waals surface area contributed by atoms with Gasteiger partial charge in [0.15, 0.2) is 5.69 Å². The van der Waals surface area contributed by atoms with E-state index in [1.54, 1.807) is 31.4 Å². The van der Waals surface area contributed by atoms with Gasteiger partial charge in [0.05, 0.1) is 17.7 Å². The molecule has 0 saturated carbocycles. The van der Waals surface area contributed by atoms with Crippen molar-refractivity contribution in [1.29, 1.82) is 0 Å². The van der Waals surface area contributed by atoms with Gasteiger partial charge in [-0.2, -0.15) is 0 Å². The minimum atomic E-state index is -0.568. The Morgan fingerprint density at radius 3 is 2.50 bits per heavy atom. The maximum atomic E-state index is 12.5. The molecule has 0 aliphatic heterocycles. The molecule has 0 radical (unpaired) electrons. The first-order chi connectivity index (χ1) is 17.0. The molecule has 1 N–H and O–H groups in total. The van der Waals surface area contributed by atoms with Crippen LogP contribution < -0.4 is 0 Å². The highest BCUT2D eigenvalue weighted by molar-refractivity contribution is 7.09. The van der Waals surface area contributed by atoms with E-state index < -0.39 is 24.1 Å². The van der Waals surface area contributed by atoms with Crippen molar-refractivity contribution in [2.24, 2.45) is 0 Å². The molecule has 0 fully saturated rings. The lowest BCUT2D eigenvalue weighted by molar-refractivity contribution is -0.140. The van der Waals surface area contributed by atoms with E-state index in [-0.39, 0.29) is 12.3 Å². The zero-order chi connectivity index (χ0) is 27.1. The lowest BCUT2D eigenvalue weighted by atomic mass is 10.1. The molecule has 0 saturated heterocycles. The lowest BCUT2D eigenvalue weighted by Gasteiger charge is -2.13. The number of aromatic nitrogens is 1. The van der Waals surface area contributed by atoms with E-state index in [1.807, 2.05) is 53.1 Å². The molecule has 0 aliphatic rings. The monoisotopic (exact) mass is 516 g/mol. The third-order valence-corrected chi connectivity index (χ3v) is 5.62. The van der Waals surface area contributed by atoms with Gasteiger partial charge < -0.3 is 19.5 Å². The van der Waals surface area contributed by atoms with Crippen LogP contribution >= 0.6 is 11.3 Å². The van der Waals surface area contributed by atoms with E-state index >= 15 is 0 Å². The molecule has 1 rings (SSSR count). The molecule has 0 unspecified atom stereocenters. The van der Waals surface area contributed by atoms with Crippen LogP contribution in [-0.2, 0) is 20.7 Å². The Morgan fingerprint density at radius 2 is 1.86 bits per heavy atom. The first-order valence-corrected chi connectivity index (χ1v) is 12.9. The number of hydrogen-bond acceptors (Lipinski definition) is 8. The number of nitrogens with zero attached hydrogens (tertiary/aromatic N) is 2. The van der Waals surface area contributed by atoms with Gasteiger partial charge in [-0.3, -0.25) is 0 Å². The predicted molar refractivity (Wildman–Crippen MR) is 146 cm³/mol. The van der Waals surface area contributed by atoms with Gasteiger partial charge in [0.25, 0.3) is 0 Å². The molecule has 7 nitrogen and oxygen atoms in total. The Balaban J connectivity index is 3.02. The number of ether oxygens (including phenoxy) is 2. The number of thiazole rings is 1. The number of aliphatic hydroxyl groups excluding tert-OH is 1. The third kappa shape index (κ3) is 13.9. The van der Waals surface area contributed by atoms with Gasteiger partial charge in [0.1, 0.15) is 6.10 Å². The molecular weight excluding hydrogens is 476 g/mol. The molecule has 0 amide bonds. The standard InChI is InChI=1S/C28H40N2O5S/c1-8-34-28(33)25-19-36-26(29-25)18-24(17-22(4)13-12-20(2)14-15-30(6)7)35-27(32)11-9-10-21(3)16-23(5)31/h9-14,17,19,23-24,31H,8,15-16,18H2,1-7H3/b11-9-,13-12+,20-14+,21-10+,22-17+/t23-,24+/m0/s1. The van der Waals surface area contributed by atoms with Crippen LogP contribution in [0.5, 0.6) is 0 Å². The van der Waals surface area contributed by atoms with E-state index in [2.05, 4.69) is 16.0 Å². The second-order valence-electron chi connectivity index (χ2n) is 8.91. The van der Waals surface area contributed by atoms with E-state index in [4.69, 9.17) is 9.47 Å². The number of carbonyl (C=O) groups excluding carboxylic acids is 2. The van der Waals surface area contributed by atoms with Crippen molar-refractivity contribution in [3.8, 4) is 0 Å². The van der Waals surface area contributed by atoms with Gasteiger partial charge in [-0.25, -0.2) is 14.6 Å². The number of carbonyl (C=O) groups is 2. The Labute approximate surface area is 219 Å². The fourth-order valence-electron chi connectivity index (χ4n) is 3.03. The summed E-state index contributed by atoms with van der Waals surface area (Å²) in [6, 6.07) is 0. The number of hydrogen-bond donors (Lipinski definition) is 1. The van der Waals surface area contributed by atoms with Crippen LogP contribution in [0.3, 0.4) is 0 Å². The number of aliphatic hydroxyl groups is 1. The topological polar surface area (TPSA) is 89.0 Å². The predicted octanol–water partition coefficient (Wildman–Crippen LogP) is 5.06. The van der Waals surface area contributed by atoms with Crippen molar-refractivity contribution in [2.45, 2.75) is 59.7 Å². The zero-order valence-corrected chi connectivity index (χ0v) is 23.3. The van der Waals surface area contributed by atoms with Crippen molar-refractivity contribution in [1.82, 2.24) is 9.88 Å². The van der Waals surface area contributed by atoms with Gasteiger partial charge in [-0.15, -0.1) is 11.3 Å². The quantitative estimate of drug-likeness (QED) is 0.210. The second kappa shape index (κ2) is 16.8. The van der Waals surface area contributed by atoms with Crippen LogP contribution in [0.4, 0.5) is 0 Å². The van der Waals surface area contributed by atoms with Crippen molar-refractivity contribution in [2.75, 3.05) is 27.2 Å². The SMILES string of the molecule is CCOC(=O)c1csc(C[C@@H](/C=C(C)/C=C/C(C)=C/CN(C)C)OC(=O)/C=C\C=C(/C)C[C@H](C)O)n1. The summed E-state index contributed by atoms with van der Waals surface area (Å²) in [5, 5.41) is 11.8. The van der Waals surface area contributed by atoms with Crippen LogP contribution in [0.1, 0.15) is 56.5 Å². The summed E-state index contributed by atoms with van der Waals surface area (Å²) in [6.45, 7) is 10.5. The summed E-state index contributed by atoms with van der Waals surface area (Å²) in [4.78, 5) is 30.9. The average molecular weight is 517 g/mol. The first-order valence-electron chi connectivity index (χ1n) is 12.0. The molecule has 1 aromatic heterocycles. The van der Waals surface area contributed by atoms with Crippen LogP contribution in [0.2, 0.25) is 0 Å². The molecule has 2 atom stereocenters. The molecule has 0 aromatic carbocycles. The molecular formula is C28H40N2O5S. The minimum Gasteiger partial charge on any atom is -0.461 e. The number of allylic oxidation sites excluding steroid dienone is 6. The van der Waals surface area contributed by atoms with Crippen molar-refractivity contribution < 1.29 is 24.2 Å². The fraction of sp³-hybridized carbons (Fsp3) is 0.464. The molecule has 0 aliphatic carbocycles. The minimum absolute atomic E-state index is 0.253. The van der Waals surface area contributed by atoms with Crippen molar-refractivity contribution >= 4 is 23.3 Å². The Hall–Kier alpha value is -2.81. The second-order valence-corrected chi connectivity index (χ2v) is 9.85. The molecule has 198 valence electrons. The summed E-state index contributed by atoms with van der Waals surface area (Å²) in [6.07, 6.45) is 12.6. The molecule has 1 aromatic rings. The zero-order valence-electron chi connectivity index (χ0n) is 22.5. The fourth-order valence-corrected chi connectivity index (χ4v) is 3.84. The highest BCUT2D eigenvalue weighted by Gasteiger charge is 2.17. The summed E-state index contributed by atoms with van der Waals surface area (Å²) in [7, 11) is 4.03. The van der Waals surface area contributed by atoms with E-state index in [9.17, 15) is 14.7 Å². The normalized spacial score (nSPS) is 15.1. The van der Waals surface area contributed by atoms with E-state index in [1.165, 1.54) is 17.4 Å². The highest BCUT2D eigenvalue weighted by Crippen LogP contribution is 2.17. The maximum absolute atomic E-state index is 12.5. The highest BCUT2D eigenvalue weighted by atomic mass is 32.1. The number of rotatable bonds is 14. The average Bonchev–Trinajstić information content (AvgIpc) is 3.24. The maximum Gasteiger partial charge on any atom is 0.357 e. The Bertz CT molecular complexity index is 999. The van der Waals surface area contributed by atoms with Crippen molar-refractivity contribution in [3.63, 3.8) is 0 Å². The van der Waals surface area contributed by atoms with Gasteiger partial charge in [0.2, 0.25) is 0 Å². The van der Waals surface area contributed by atoms with Crippen LogP contribution in [0, 0.1) is 0 Å². The third-order valence-electron chi connectivity index (χ3n) is 4.75. The van der Waals surface area contributed by atoms with Gasteiger partial charge in [0, 0.05) is 24.4 Å². The van der Waals surface area contributed by atoms with E-state index in [0.717, 1.165) is 23.3 Å². The summed E-state index contributed by atoms with van der Waals surface area (Å²) in [5.41, 5.74) is 3.27. The van der Waals surface area contributed by atoms with Crippen LogP contribution in [0.15, 0.2) is 64.6 Å². The van der Waals surface area contributed by atoms with Crippen LogP contribution in [0.25, 0.3) is 0 Å². The first kappa shape index (κ1) is 31.2. The lowest BCUT2D eigenvalue weighted by Crippen LogP contribution is -2.18. The number of esters is 2. The summed E-state index contributed by atoms with van der Waals surface area (Å²) < 4.78 is 10.7. The van der Waals surface area contributed by atoms with Crippen molar-refractivity contribution in [3.05, 3.63) is 75.3 Å².